The lowest BCUT2D eigenvalue weighted by Gasteiger charge is -2.35. The lowest BCUT2D eigenvalue weighted by Crippen LogP contribution is -2.53. The minimum absolute atomic E-state index is 0.0498. The smallest absolute Gasteiger partial charge is 0.219 e. The van der Waals surface area contributed by atoms with Crippen LogP contribution in [0.15, 0.2) is 18.2 Å². The molecule has 0 radical (unpaired) electrons. The molecule has 2 fully saturated rings. The maximum atomic E-state index is 12.0. The van der Waals surface area contributed by atoms with Gasteiger partial charge in [-0.15, -0.1) is 0 Å². The van der Waals surface area contributed by atoms with Crippen molar-refractivity contribution in [3.8, 4) is 5.75 Å². The molecule has 2 aliphatic rings. The molecule has 1 aromatic rings. The van der Waals surface area contributed by atoms with Gasteiger partial charge in [0.15, 0.2) is 0 Å². The molecular formula is C22H34N2O4. The maximum absolute atomic E-state index is 12.0. The second-order valence-electron chi connectivity index (χ2n) is 8.92. The minimum Gasteiger partial charge on any atom is -0.490 e. The number of ether oxygens (including phenoxy) is 1. The Bertz CT molecular complexity index is 682. The van der Waals surface area contributed by atoms with Crippen LogP contribution >= 0.6 is 0 Å². The Morgan fingerprint density at radius 2 is 1.68 bits per heavy atom. The molecule has 28 heavy (non-hydrogen) atoms. The highest BCUT2D eigenvalue weighted by atomic mass is 16.5. The zero-order valence-electron chi connectivity index (χ0n) is 17.4. The first-order chi connectivity index (χ1) is 13.2. The Morgan fingerprint density at radius 3 is 2.29 bits per heavy atom. The van der Waals surface area contributed by atoms with E-state index in [0.717, 1.165) is 42.6 Å². The van der Waals surface area contributed by atoms with E-state index in [2.05, 4.69) is 11.0 Å². The molecule has 1 aliphatic heterocycles. The van der Waals surface area contributed by atoms with Crippen LogP contribution in [0.5, 0.6) is 5.75 Å². The molecule has 1 heterocycles. The fourth-order valence-corrected chi connectivity index (χ4v) is 4.58. The number of carbonyl (C=O) groups excluding carboxylic acids is 1. The fraction of sp³-hybridized carbons (Fsp3) is 0.682. The SMILES string of the molecule is CC(=O)N1CCN(CC2(O)CCCC2)C[C@](O)(COc2cc(C)cc(C)c2)C1. The van der Waals surface area contributed by atoms with Gasteiger partial charge in [0, 0.05) is 33.1 Å². The van der Waals surface area contributed by atoms with Crippen LogP contribution in [0.3, 0.4) is 0 Å². The van der Waals surface area contributed by atoms with E-state index in [1.165, 1.54) is 6.92 Å². The van der Waals surface area contributed by atoms with Crippen LogP contribution in [-0.4, -0.2) is 76.5 Å². The number of β-amino-alcohol motifs (C(OH)–C–C–N with tert-alkyl or cyclic N) is 2. The number of carbonyl (C=O) groups is 1. The number of hydrogen-bond acceptors (Lipinski definition) is 5. The molecule has 6 heteroatoms. The van der Waals surface area contributed by atoms with Crippen LogP contribution < -0.4 is 4.74 Å². The van der Waals surface area contributed by atoms with Crippen molar-refractivity contribution in [1.29, 1.82) is 0 Å². The molecule has 1 atom stereocenters. The first kappa shape index (κ1) is 21.1. The normalized spacial score (nSPS) is 25.5. The number of nitrogens with zero attached hydrogens (tertiary/aromatic N) is 2. The van der Waals surface area contributed by atoms with Crippen molar-refractivity contribution in [2.75, 3.05) is 39.3 Å². The molecule has 0 spiro atoms. The second kappa shape index (κ2) is 8.39. The van der Waals surface area contributed by atoms with Gasteiger partial charge in [-0.1, -0.05) is 18.9 Å². The van der Waals surface area contributed by atoms with Crippen molar-refractivity contribution in [3.63, 3.8) is 0 Å². The van der Waals surface area contributed by atoms with E-state index in [-0.39, 0.29) is 19.1 Å². The highest BCUT2D eigenvalue weighted by Crippen LogP contribution is 2.31. The van der Waals surface area contributed by atoms with Gasteiger partial charge < -0.3 is 19.8 Å². The summed E-state index contributed by atoms with van der Waals surface area (Å²) in [7, 11) is 0. The van der Waals surface area contributed by atoms with Crippen molar-refractivity contribution in [2.24, 2.45) is 0 Å². The van der Waals surface area contributed by atoms with Crippen LogP contribution in [0, 0.1) is 13.8 Å². The van der Waals surface area contributed by atoms with Gasteiger partial charge in [0.2, 0.25) is 5.91 Å². The van der Waals surface area contributed by atoms with Gasteiger partial charge in [0.25, 0.3) is 0 Å². The van der Waals surface area contributed by atoms with E-state index >= 15 is 0 Å². The molecular weight excluding hydrogens is 356 g/mol. The highest BCUT2D eigenvalue weighted by Gasteiger charge is 2.40. The zero-order chi connectivity index (χ0) is 20.4. The van der Waals surface area contributed by atoms with Gasteiger partial charge in [-0.05, 0) is 49.9 Å². The van der Waals surface area contributed by atoms with Crippen molar-refractivity contribution >= 4 is 5.91 Å². The summed E-state index contributed by atoms with van der Waals surface area (Å²) < 4.78 is 5.96. The Hall–Kier alpha value is -1.63. The first-order valence-electron chi connectivity index (χ1n) is 10.3. The number of benzene rings is 1. The molecule has 0 bridgehead atoms. The highest BCUT2D eigenvalue weighted by molar-refractivity contribution is 5.73. The van der Waals surface area contributed by atoms with E-state index in [4.69, 9.17) is 4.74 Å². The second-order valence-corrected chi connectivity index (χ2v) is 8.92. The van der Waals surface area contributed by atoms with E-state index < -0.39 is 11.2 Å². The largest absolute Gasteiger partial charge is 0.490 e. The quantitative estimate of drug-likeness (QED) is 0.803. The van der Waals surface area contributed by atoms with Gasteiger partial charge >= 0.3 is 0 Å². The van der Waals surface area contributed by atoms with Crippen LogP contribution in [0.25, 0.3) is 0 Å². The van der Waals surface area contributed by atoms with Gasteiger partial charge in [-0.25, -0.2) is 0 Å². The van der Waals surface area contributed by atoms with Crippen LogP contribution in [0.4, 0.5) is 0 Å². The van der Waals surface area contributed by atoms with E-state index in [1.54, 1.807) is 4.90 Å². The molecule has 0 aromatic heterocycles. The fourth-order valence-electron chi connectivity index (χ4n) is 4.58. The number of hydrogen-bond donors (Lipinski definition) is 2. The third kappa shape index (κ3) is 5.46. The van der Waals surface area contributed by atoms with Crippen LogP contribution in [0.2, 0.25) is 0 Å². The monoisotopic (exact) mass is 390 g/mol. The van der Waals surface area contributed by atoms with E-state index in [1.807, 2.05) is 26.0 Å². The summed E-state index contributed by atoms with van der Waals surface area (Å²) in [6.45, 7) is 8.02. The number of aryl methyl sites for hydroxylation is 2. The van der Waals surface area contributed by atoms with Crippen molar-refractivity contribution < 1.29 is 19.7 Å². The molecule has 2 N–H and O–H groups in total. The predicted molar refractivity (Wildman–Crippen MR) is 108 cm³/mol. The molecule has 1 amide bonds. The average Bonchev–Trinajstić information content (AvgIpc) is 2.94. The summed E-state index contributed by atoms with van der Waals surface area (Å²) >= 11 is 0. The molecule has 3 rings (SSSR count). The summed E-state index contributed by atoms with van der Waals surface area (Å²) in [5.41, 5.74) is 0.354. The van der Waals surface area contributed by atoms with Gasteiger partial charge in [-0.3, -0.25) is 9.69 Å². The average molecular weight is 391 g/mol. The number of amides is 1. The Labute approximate surface area is 168 Å². The molecule has 0 unspecified atom stereocenters. The van der Waals surface area contributed by atoms with Crippen molar-refractivity contribution in [1.82, 2.24) is 9.80 Å². The van der Waals surface area contributed by atoms with Gasteiger partial charge in [0.05, 0.1) is 12.1 Å². The third-order valence-corrected chi connectivity index (χ3v) is 5.89. The summed E-state index contributed by atoms with van der Waals surface area (Å²) in [4.78, 5) is 15.8. The predicted octanol–water partition coefficient (Wildman–Crippen LogP) is 1.88. The van der Waals surface area contributed by atoms with Gasteiger partial charge in [-0.2, -0.15) is 0 Å². The lowest BCUT2D eigenvalue weighted by atomic mass is 9.99. The van der Waals surface area contributed by atoms with Gasteiger partial charge in [0.1, 0.15) is 18.0 Å². The van der Waals surface area contributed by atoms with E-state index in [0.29, 0.717) is 26.2 Å². The lowest BCUT2D eigenvalue weighted by molar-refractivity contribution is -0.132. The third-order valence-electron chi connectivity index (χ3n) is 5.89. The van der Waals surface area contributed by atoms with Crippen molar-refractivity contribution in [3.05, 3.63) is 29.3 Å². The molecule has 1 aromatic carbocycles. The van der Waals surface area contributed by atoms with Crippen LogP contribution in [0.1, 0.15) is 43.7 Å². The molecule has 1 saturated heterocycles. The summed E-state index contributed by atoms with van der Waals surface area (Å²) in [6, 6.07) is 5.98. The zero-order valence-corrected chi connectivity index (χ0v) is 17.4. The molecule has 156 valence electrons. The van der Waals surface area contributed by atoms with E-state index in [9.17, 15) is 15.0 Å². The topological polar surface area (TPSA) is 73.2 Å². The Kier molecular flexibility index (Phi) is 6.32. The van der Waals surface area contributed by atoms with Crippen molar-refractivity contribution in [2.45, 2.75) is 57.7 Å². The molecule has 1 aliphatic carbocycles. The number of rotatable bonds is 5. The Morgan fingerprint density at radius 1 is 1.04 bits per heavy atom. The first-order valence-corrected chi connectivity index (χ1v) is 10.3. The molecule has 6 nitrogen and oxygen atoms in total. The maximum Gasteiger partial charge on any atom is 0.219 e. The standard InChI is InChI=1S/C22H34N2O4/c1-17-10-18(2)12-20(11-17)28-16-22(27)14-23(8-9-24(15-22)19(3)25)13-21(26)6-4-5-7-21/h10-12,26-27H,4-9,13-16H2,1-3H3/t22-/m1/s1. The summed E-state index contributed by atoms with van der Waals surface area (Å²) in [5, 5.41) is 22.2. The summed E-state index contributed by atoms with van der Waals surface area (Å²) in [6.07, 6.45) is 3.70. The van der Waals surface area contributed by atoms with Crippen LogP contribution in [-0.2, 0) is 4.79 Å². The molecule has 1 saturated carbocycles. The Balaban J connectivity index is 1.72. The summed E-state index contributed by atoms with van der Waals surface area (Å²) in [5.74, 6) is 0.678. The minimum atomic E-state index is -1.19. The number of aliphatic hydroxyl groups is 2.